The van der Waals surface area contributed by atoms with Gasteiger partial charge in [-0.25, -0.2) is 8.42 Å². The van der Waals surface area contributed by atoms with Gasteiger partial charge in [-0.15, -0.1) is 0 Å². The van der Waals surface area contributed by atoms with Gasteiger partial charge in [-0.3, -0.25) is 0 Å². The number of phenolic OH excluding ortho intramolecular Hbond substituents is 2. The highest BCUT2D eigenvalue weighted by atomic mass is 32.2. The van der Waals surface area contributed by atoms with Gasteiger partial charge in [-0.1, -0.05) is 36.4 Å². The van der Waals surface area contributed by atoms with Gasteiger partial charge < -0.3 is 14.8 Å². The minimum Gasteiger partial charge on any atom is -0.744 e. The predicted octanol–water partition coefficient (Wildman–Crippen LogP) is 9.88. The smallest absolute Gasteiger partial charge is 0.418 e. The average Bonchev–Trinajstić information content (AvgIpc) is 2.95. The first-order chi connectivity index (χ1) is 23.0. The lowest BCUT2D eigenvalue weighted by molar-refractivity contribution is -0.191. The minimum atomic E-state index is -7.52. The monoisotopic (exact) mass is 792 g/mol. The number of hydrogen-bond donors (Lipinski definition) is 2. The van der Waals surface area contributed by atoms with Gasteiger partial charge in [0.2, 0.25) is 4.90 Å². The molecular formula is C29H15F15O5S2. The first-order valence-corrected chi connectivity index (χ1v) is 15.5. The van der Waals surface area contributed by atoms with E-state index in [-0.39, 0.29) is 11.5 Å². The van der Waals surface area contributed by atoms with Crippen molar-refractivity contribution in [2.24, 2.45) is 0 Å². The number of alkyl halides is 15. The fourth-order valence-corrected chi connectivity index (χ4v) is 7.60. The summed E-state index contributed by atoms with van der Waals surface area (Å²) in [6.07, 6.45) is -35.6. The van der Waals surface area contributed by atoms with Gasteiger partial charge in [0.15, 0.2) is 15.5 Å². The summed E-state index contributed by atoms with van der Waals surface area (Å²) in [5.41, 5.74) is -22.2. The number of hydrogen-bond acceptors (Lipinski definition) is 5. The van der Waals surface area contributed by atoms with Crippen LogP contribution in [-0.2, 0) is 51.9 Å². The van der Waals surface area contributed by atoms with Crippen LogP contribution in [0, 0.1) is 0 Å². The minimum absolute atomic E-state index is 0.0703. The largest absolute Gasteiger partial charge is 0.744 e. The van der Waals surface area contributed by atoms with Crippen LogP contribution in [0.4, 0.5) is 65.9 Å². The molecule has 0 radical (unpaired) electrons. The number of aromatic hydroxyl groups is 2. The highest BCUT2D eigenvalue weighted by molar-refractivity contribution is 7.97. The summed E-state index contributed by atoms with van der Waals surface area (Å²) in [7, 11) is -7.91. The molecule has 2 N–H and O–H groups in total. The standard InChI is InChI=1S/C18H14O2S.C11HF15O3S/c19-14-11-12-18(17(20)13-14)21(15-7-3-1-4-8-15)16-9-5-2-6-10-16;12-7(13,14)1-2(8(15,16)17)4(10(21,22)23)6(30(27,28)29)5(11(24,25)26)3(1)9(18,19)20/h1-13H,(H-,19,20);(H,27,28,29). The van der Waals surface area contributed by atoms with E-state index in [0.29, 0.717) is 0 Å². The van der Waals surface area contributed by atoms with Gasteiger partial charge >= 0.3 is 30.9 Å². The van der Waals surface area contributed by atoms with Crippen LogP contribution in [0.1, 0.15) is 27.8 Å². The summed E-state index contributed by atoms with van der Waals surface area (Å²) >= 11 is 0. The lowest BCUT2D eigenvalue weighted by atomic mass is 9.89. The topological polar surface area (TPSA) is 97.7 Å². The maximum Gasteiger partial charge on any atom is 0.418 e. The quantitative estimate of drug-likeness (QED) is 0.122. The Morgan fingerprint density at radius 2 is 0.804 bits per heavy atom. The highest BCUT2D eigenvalue weighted by Crippen LogP contribution is 2.57. The van der Waals surface area contributed by atoms with Crippen LogP contribution in [-0.4, -0.2) is 23.2 Å². The summed E-state index contributed by atoms with van der Waals surface area (Å²) in [5, 5.41) is 19.7. The number of halogens is 15. The van der Waals surface area contributed by atoms with Crippen molar-refractivity contribution in [3.8, 4) is 11.5 Å². The van der Waals surface area contributed by atoms with Crippen LogP contribution in [0.3, 0.4) is 0 Å². The molecule has 0 aliphatic carbocycles. The van der Waals surface area contributed by atoms with Gasteiger partial charge in [0, 0.05) is 12.1 Å². The van der Waals surface area contributed by atoms with E-state index < -0.39 is 84.6 Å². The molecule has 4 aromatic rings. The maximum atomic E-state index is 13.0. The highest BCUT2D eigenvalue weighted by Gasteiger charge is 2.61. The molecule has 0 saturated heterocycles. The zero-order valence-corrected chi connectivity index (χ0v) is 25.7. The molecule has 0 saturated carbocycles. The van der Waals surface area contributed by atoms with E-state index in [4.69, 9.17) is 0 Å². The van der Waals surface area contributed by atoms with Crippen molar-refractivity contribution in [3.63, 3.8) is 0 Å². The molecule has 51 heavy (non-hydrogen) atoms. The van der Waals surface area contributed by atoms with Crippen LogP contribution >= 0.6 is 0 Å². The summed E-state index contributed by atoms with van der Waals surface area (Å²) in [6.45, 7) is 0. The van der Waals surface area contributed by atoms with E-state index in [1.54, 1.807) is 12.1 Å². The zero-order valence-electron chi connectivity index (χ0n) is 24.1. The van der Waals surface area contributed by atoms with Gasteiger partial charge in [0.25, 0.3) is 0 Å². The lowest BCUT2D eigenvalue weighted by Gasteiger charge is -2.31. The van der Waals surface area contributed by atoms with Gasteiger partial charge in [-0.2, -0.15) is 65.9 Å². The molecule has 22 heteroatoms. The van der Waals surface area contributed by atoms with Crippen molar-refractivity contribution < 1.29 is 89.0 Å². The third-order valence-corrected chi connectivity index (χ3v) is 9.42. The van der Waals surface area contributed by atoms with E-state index in [1.807, 2.05) is 36.4 Å². The second kappa shape index (κ2) is 14.0. The van der Waals surface area contributed by atoms with Gasteiger partial charge in [0.1, 0.15) is 26.8 Å². The van der Waals surface area contributed by atoms with E-state index in [0.717, 1.165) is 14.7 Å². The summed E-state index contributed by atoms with van der Waals surface area (Å²) in [4.78, 5) is -1.12. The van der Waals surface area contributed by atoms with Gasteiger partial charge in [0.05, 0.1) is 32.7 Å². The van der Waals surface area contributed by atoms with Crippen molar-refractivity contribution in [2.75, 3.05) is 0 Å². The van der Waals surface area contributed by atoms with Gasteiger partial charge in [-0.05, 0) is 30.3 Å². The summed E-state index contributed by atoms with van der Waals surface area (Å²) in [5.74, 6) is 0.187. The Hall–Kier alpha value is -4.31. The SMILES string of the molecule is O=S(=O)([O-])c1c(C(F)(F)F)c(C(F)(F)F)c(C(F)(F)F)c(C(F)(F)F)c1C(F)(F)F.Oc1ccc([S+](c2ccccc2)c2ccccc2)c(O)c1. The van der Waals surface area contributed by atoms with Crippen LogP contribution in [0.2, 0.25) is 0 Å². The molecular weight excluding hydrogens is 777 g/mol. The molecule has 0 bridgehead atoms. The number of phenols is 2. The molecule has 0 spiro atoms. The molecule has 0 atom stereocenters. The molecule has 278 valence electrons. The zero-order chi connectivity index (χ0) is 39.1. The summed E-state index contributed by atoms with van der Waals surface area (Å²) in [6, 6.07) is 25.0. The second-order valence-corrected chi connectivity index (χ2v) is 13.0. The second-order valence-electron chi connectivity index (χ2n) is 9.73. The van der Waals surface area contributed by atoms with E-state index in [1.165, 1.54) is 6.07 Å². The predicted molar refractivity (Wildman–Crippen MR) is 144 cm³/mol. The molecule has 5 nitrogen and oxygen atoms in total. The van der Waals surface area contributed by atoms with Crippen LogP contribution in [0.5, 0.6) is 11.5 Å². The molecule has 0 heterocycles. The normalized spacial score (nSPS) is 13.2. The van der Waals surface area contributed by atoms with Crippen LogP contribution in [0.15, 0.2) is 98.4 Å². The first kappa shape index (κ1) is 41.1. The Kier molecular flexibility index (Phi) is 11.3. The lowest BCUT2D eigenvalue weighted by Crippen LogP contribution is -2.34. The Morgan fingerprint density at radius 1 is 0.490 bits per heavy atom. The molecule has 0 aliphatic heterocycles. The Balaban J connectivity index is 0.000000291. The summed E-state index contributed by atoms with van der Waals surface area (Å²) < 4.78 is 228. The van der Waals surface area contributed by atoms with E-state index >= 15 is 0 Å². The molecule has 4 aromatic carbocycles. The fourth-order valence-electron chi connectivity index (χ4n) is 4.55. The van der Waals surface area contributed by atoms with Crippen molar-refractivity contribution in [3.05, 3.63) is 107 Å². The molecule has 0 aliphatic rings. The number of benzene rings is 4. The average molecular weight is 793 g/mol. The maximum absolute atomic E-state index is 13.0. The Bertz CT molecular complexity index is 1880. The van der Waals surface area contributed by atoms with Crippen molar-refractivity contribution >= 4 is 21.0 Å². The molecule has 0 amide bonds. The first-order valence-electron chi connectivity index (χ1n) is 12.9. The van der Waals surface area contributed by atoms with E-state index in [2.05, 4.69) is 24.3 Å². The third-order valence-electron chi connectivity index (χ3n) is 6.24. The van der Waals surface area contributed by atoms with Crippen molar-refractivity contribution in [1.82, 2.24) is 0 Å². The Morgan fingerprint density at radius 3 is 1.08 bits per heavy atom. The fraction of sp³-hybridized carbons (Fsp3) is 0.172. The molecule has 0 aromatic heterocycles. The van der Waals surface area contributed by atoms with Crippen molar-refractivity contribution in [2.45, 2.75) is 50.5 Å². The molecule has 0 unspecified atom stereocenters. The van der Waals surface area contributed by atoms with Crippen molar-refractivity contribution in [1.29, 1.82) is 0 Å². The Labute approximate surface area is 278 Å². The molecule has 0 fully saturated rings. The number of rotatable bonds is 4. The van der Waals surface area contributed by atoms with Crippen LogP contribution in [0.25, 0.3) is 0 Å². The third kappa shape index (κ3) is 9.33. The molecule has 4 rings (SSSR count). The van der Waals surface area contributed by atoms with E-state index in [9.17, 15) is 89.0 Å². The van der Waals surface area contributed by atoms with Crippen LogP contribution < -0.4 is 0 Å².